The average Bonchev–Trinajstić information content (AvgIpc) is 2.58. The predicted octanol–water partition coefficient (Wildman–Crippen LogP) is 6.22. The maximum absolute atomic E-state index is 5.50. The molecule has 0 radical (unpaired) electrons. The van der Waals surface area contributed by atoms with Crippen molar-refractivity contribution in [3.05, 3.63) is 54.1 Å². The Morgan fingerprint density at radius 3 is 2.05 bits per heavy atom. The molecule has 0 unspecified atom stereocenters. The van der Waals surface area contributed by atoms with E-state index in [1.54, 1.807) is 0 Å². The van der Waals surface area contributed by atoms with Crippen molar-refractivity contribution in [2.24, 2.45) is 10.2 Å². The summed E-state index contributed by atoms with van der Waals surface area (Å²) in [5, 5.41) is 9.34. The molecule has 0 aliphatic rings. The Labute approximate surface area is 140 Å². The highest BCUT2D eigenvalue weighted by Crippen LogP contribution is 2.22. The topological polar surface area (TPSA) is 34.0 Å². The number of ether oxygens (including phenoxy) is 1. The van der Waals surface area contributed by atoms with Gasteiger partial charge < -0.3 is 4.74 Å². The number of alkyl halides is 1. The number of benzene rings is 2. The van der Waals surface area contributed by atoms with Crippen molar-refractivity contribution < 1.29 is 4.74 Å². The monoisotopic (exact) mass is 360 g/mol. The zero-order valence-corrected chi connectivity index (χ0v) is 14.4. The summed E-state index contributed by atoms with van der Waals surface area (Å²) in [5.74, 6) is 0.846. The fourth-order valence-corrected chi connectivity index (χ4v) is 2.15. The van der Waals surface area contributed by atoms with Gasteiger partial charge in [-0.1, -0.05) is 41.4 Å². The van der Waals surface area contributed by atoms with Crippen LogP contribution >= 0.6 is 15.9 Å². The van der Waals surface area contributed by atoms with Gasteiger partial charge in [-0.3, -0.25) is 0 Å². The molecule has 4 heteroatoms. The Kier molecular flexibility index (Phi) is 7.10. The van der Waals surface area contributed by atoms with E-state index in [0.717, 1.165) is 28.9 Å². The number of hydrogen-bond acceptors (Lipinski definition) is 3. The molecule has 0 spiro atoms. The third kappa shape index (κ3) is 5.60. The van der Waals surface area contributed by atoms with E-state index in [0.29, 0.717) is 6.61 Å². The number of hydrogen-bond donors (Lipinski definition) is 0. The molecule has 22 heavy (non-hydrogen) atoms. The molecule has 0 amide bonds. The first kappa shape index (κ1) is 16.7. The quantitative estimate of drug-likeness (QED) is 0.406. The Morgan fingerprint density at radius 1 is 0.909 bits per heavy atom. The molecule has 0 aromatic heterocycles. The summed E-state index contributed by atoms with van der Waals surface area (Å²) < 4.78 is 5.50. The molecule has 2 aromatic carbocycles. The van der Waals surface area contributed by atoms with E-state index in [1.165, 1.54) is 18.4 Å². The van der Waals surface area contributed by atoms with Crippen LogP contribution < -0.4 is 4.74 Å². The first-order valence-electron chi connectivity index (χ1n) is 7.61. The largest absolute Gasteiger partial charge is 0.493 e. The lowest BCUT2D eigenvalue weighted by atomic mass is 10.1. The van der Waals surface area contributed by atoms with E-state index >= 15 is 0 Å². The SMILES string of the molecule is CCCCc1ccc(N=Nc2ccc(OCCBr)cc2)cc1. The average molecular weight is 361 g/mol. The summed E-state index contributed by atoms with van der Waals surface area (Å²) in [6.45, 7) is 2.87. The fraction of sp³-hybridized carbons (Fsp3) is 0.333. The van der Waals surface area contributed by atoms with Crippen molar-refractivity contribution in [1.82, 2.24) is 0 Å². The summed E-state index contributed by atoms with van der Waals surface area (Å²) >= 11 is 3.33. The van der Waals surface area contributed by atoms with Crippen molar-refractivity contribution >= 4 is 27.3 Å². The molecule has 3 nitrogen and oxygen atoms in total. The normalized spacial score (nSPS) is 11.0. The Morgan fingerprint density at radius 2 is 1.50 bits per heavy atom. The predicted molar refractivity (Wildman–Crippen MR) is 95.0 cm³/mol. The van der Waals surface area contributed by atoms with Crippen molar-refractivity contribution in [2.45, 2.75) is 26.2 Å². The van der Waals surface area contributed by atoms with Crippen LogP contribution in [0.15, 0.2) is 58.8 Å². The zero-order valence-electron chi connectivity index (χ0n) is 12.8. The summed E-state index contributed by atoms with van der Waals surface area (Å²) in [6, 6.07) is 15.9. The van der Waals surface area contributed by atoms with Crippen molar-refractivity contribution in [3.8, 4) is 5.75 Å². The molecule has 0 bridgehead atoms. The first-order valence-corrected chi connectivity index (χ1v) is 8.73. The molecule has 0 N–H and O–H groups in total. The van der Waals surface area contributed by atoms with Crippen LogP contribution in [0.25, 0.3) is 0 Å². The smallest absolute Gasteiger partial charge is 0.119 e. The van der Waals surface area contributed by atoms with Crippen LogP contribution in [0.2, 0.25) is 0 Å². The van der Waals surface area contributed by atoms with Gasteiger partial charge in [-0.25, -0.2) is 0 Å². The van der Waals surface area contributed by atoms with E-state index in [9.17, 15) is 0 Å². The lowest BCUT2D eigenvalue weighted by Gasteiger charge is -2.03. The maximum Gasteiger partial charge on any atom is 0.119 e. The Balaban J connectivity index is 1.93. The van der Waals surface area contributed by atoms with Crippen molar-refractivity contribution in [1.29, 1.82) is 0 Å². The highest BCUT2D eigenvalue weighted by molar-refractivity contribution is 9.09. The Hall–Kier alpha value is -1.68. The summed E-state index contributed by atoms with van der Waals surface area (Å²) in [6.07, 6.45) is 3.57. The van der Waals surface area contributed by atoms with Gasteiger partial charge in [0.2, 0.25) is 0 Å². The molecule has 0 aliphatic carbocycles. The lowest BCUT2D eigenvalue weighted by molar-refractivity contribution is 0.345. The third-order valence-electron chi connectivity index (χ3n) is 3.22. The minimum atomic E-state index is 0.658. The Bertz CT molecular complexity index is 526. The molecule has 0 fully saturated rings. The summed E-state index contributed by atoms with van der Waals surface area (Å²) in [4.78, 5) is 0. The second-order valence-electron chi connectivity index (χ2n) is 5.00. The van der Waals surface area contributed by atoms with E-state index < -0.39 is 0 Å². The van der Waals surface area contributed by atoms with Gasteiger partial charge in [-0.2, -0.15) is 10.2 Å². The second kappa shape index (κ2) is 9.36. The minimum Gasteiger partial charge on any atom is -0.493 e. The van der Waals surface area contributed by atoms with Gasteiger partial charge in [-0.15, -0.1) is 0 Å². The van der Waals surface area contributed by atoms with Crippen LogP contribution in [-0.2, 0) is 6.42 Å². The third-order valence-corrected chi connectivity index (χ3v) is 3.54. The lowest BCUT2D eigenvalue weighted by Crippen LogP contribution is -1.96. The highest BCUT2D eigenvalue weighted by Gasteiger charge is 1.96. The molecule has 2 aromatic rings. The molecule has 0 heterocycles. The van der Waals surface area contributed by atoms with Crippen molar-refractivity contribution in [2.75, 3.05) is 11.9 Å². The number of aryl methyl sites for hydroxylation is 1. The van der Waals surface area contributed by atoms with Gasteiger partial charge in [-0.05, 0) is 54.8 Å². The molecule has 0 saturated heterocycles. The molecular weight excluding hydrogens is 340 g/mol. The van der Waals surface area contributed by atoms with Crippen LogP contribution in [0, 0.1) is 0 Å². The van der Waals surface area contributed by atoms with Gasteiger partial charge >= 0.3 is 0 Å². The molecule has 0 aliphatic heterocycles. The summed E-state index contributed by atoms with van der Waals surface area (Å²) in [7, 11) is 0. The number of nitrogens with zero attached hydrogens (tertiary/aromatic N) is 2. The van der Waals surface area contributed by atoms with Crippen LogP contribution in [-0.4, -0.2) is 11.9 Å². The van der Waals surface area contributed by atoms with E-state index in [4.69, 9.17) is 4.74 Å². The van der Waals surface area contributed by atoms with Crippen LogP contribution in [0.3, 0.4) is 0 Å². The van der Waals surface area contributed by atoms with E-state index in [-0.39, 0.29) is 0 Å². The van der Waals surface area contributed by atoms with Gasteiger partial charge in [0, 0.05) is 5.33 Å². The first-order chi connectivity index (χ1) is 10.8. The summed E-state index contributed by atoms with van der Waals surface area (Å²) in [5.41, 5.74) is 3.05. The van der Waals surface area contributed by atoms with Crippen LogP contribution in [0.5, 0.6) is 5.75 Å². The van der Waals surface area contributed by atoms with Gasteiger partial charge in [0.05, 0.1) is 18.0 Å². The standard InChI is InChI=1S/C18H21BrN2O/c1-2-3-4-15-5-7-16(8-6-15)20-21-17-9-11-18(12-10-17)22-14-13-19/h5-12H,2-4,13-14H2,1H3. The fourth-order valence-electron chi connectivity index (χ4n) is 1.99. The number of azo groups is 1. The van der Waals surface area contributed by atoms with Crippen molar-refractivity contribution in [3.63, 3.8) is 0 Å². The number of unbranched alkanes of at least 4 members (excludes halogenated alkanes) is 1. The molecule has 116 valence electrons. The van der Waals surface area contributed by atoms with Gasteiger partial charge in [0.15, 0.2) is 0 Å². The number of rotatable bonds is 8. The minimum absolute atomic E-state index is 0.658. The molecule has 0 saturated carbocycles. The van der Waals surface area contributed by atoms with E-state index in [1.807, 2.05) is 36.4 Å². The molecule has 2 rings (SSSR count). The highest BCUT2D eigenvalue weighted by atomic mass is 79.9. The molecule has 0 atom stereocenters. The van der Waals surface area contributed by atoms with Crippen LogP contribution in [0.1, 0.15) is 25.3 Å². The number of halogens is 1. The molecular formula is C18H21BrN2O. The maximum atomic E-state index is 5.50. The van der Waals surface area contributed by atoms with E-state index in [2.05, 4.69) is 45.2 Å². The van der Waals surface area contributed by atoms with Crippen LogP contribution in [0.4, 0.5) is 11.4 Å². The van der Waals surface area contributed by atoms with Gasteiger partial charge in [0.1, 0.15) is 5.75 Å². The van der Waals surface area contributed by atoms with Gasteiger partial charge in [0.25, 0.3) is 0 Å². The second-order valence-corrected chi connectivity index (χ2v) is 5.79. The zero-order chi connectivity index (χ0) is 15.6.